The zero-order valence-electron chi connectivity index (χ0n) is 11.8. The Bertz CT molecular complexity index is 238. The molecule has 17 heavy (non-hydrogen) atoms. The van der Waals surface area contributed by atoms with E-state index in [4.69, 9.17) is 0 Å². The zero-order chi connectivity index (χ0) is 12.3. The average Bonchev–Trinajstić information content (AvgIpc) is 2.39. The first-order valence-corrected chi connectivity index (χ1v) is 7.90. The number of aliphatic hydroxyl groups is 1. The topological polar surface area (TPSA) is 20.2 Å². The van der Waals surface area contributed by atoms with E-state index in [1.165, 1.54) is 51.4 Å². The molecular formula is C16H30O. The van der Waals surface area contributed by atoms with Crippen molar-refractivity contribution in [1.82, 2.24) is 0 Å². The van der Waals surface area contributed by atoms with E-state index >= 15 is 0 Å². The highest BCUT2D eigenvalue weighted by molar-refractivity contribution is 4.94. The molecule has 0 spiro atoms. The van der Waals surface area contributed by atoms with Crippen molar-refractivity contribution in [3.05, 3.63) is 0 Å². The summed E-state index contributed by atoms with van der Waals surface area (Å²) in [4.78, 5) is 0. The van der Waals surface area contributed by atoms with Crippen molar-refractivity contribution in [2.45, 2.75) is 83.7 Å². The lowest BCUT2D eigenvalue weighted by atomic mass is 9.64. The van der Waals surface area contributed by atoms with Gasteiger partial charge in [-0.2, -0.15) is 0 Å². The molecule has 0 aliphatic heterocycles. The van der Waals surface area contributed by atoms with Crippen LogP contribution in [-0.4, -0.2) is 10.7 Å². The van der Waals surface area contributed by atoms with Gasteiger partial charge in [0.1, 0.15) is 0 Å². The molecule has 2 fully saturated rings. The lowest BCUT2D eigenvalue weighted by molar-refractivity contribution is -0.0827. The molecule has 0 aromatic carbocycles. The average molecular weight is 238 g/mol. The van der Waals surface area contributed by atoms with Gasteiger partial charge in [-0.15, -0.1) is 0 Å². The van der Waals surface area contributed by atoms with Crippen molar-refractivity contribution >= 4 is 0 Å². The van der Waals surface area contributed by atoms with Gasteiger partial charge in [0.2, 0.25) is 0 Å². The Hall–Kier alpha value is -0.0400. The summed E-state index contributed by atoms with van der Waals surface area (Å²) in [7, 11) is 0. The second-order valence-corrected chi connectivity index (χ2v) is 6.61. The van der Waals surface area contributed by atoms with Gasteiger partial charge in [0.15, 0.2) is 0 Å². The molecule has 100 valence electrons. The molecule has 2 aliphatic carbocycles. The molecule has 2 rings (SSSR count). The molecule has 4 atom stereocenters. The Balaban J connectivity index is 1.98. The van der Waals surface area contributed by atoms with E-state index in [1.54, 1.807) is 0 Å². The number of hydrogen-bond donors (Lipinski definition) is 1. The van der Waals surface area contributed by atoms with Crippen molar-refractivity contribution in [2.75, 3.05) is 0 Å². The van der Waals surface area contributed by atoms with Crippen molar-refractivity contribution in [2.24, 2.45) is 17.8 Å². The van der Waals surface area contributed by atoms with Crippen molar-refractivity contribution in [3.8, 4) is 0 Å². The summed E-state index contributed by atoms with van der Waals surface area (Å²) in [6, 6.07) is 0. The van der Waals surface area contributed by atoms with Crippen LogP contribution in [0.1, 0.15) is 78.1 Å². The second-order valence-electron chi connectivity index (χ2n) is 6.61. The molecule has 0 radical (unpaired) electrons. The molecule has 1 N–H and O–H groups in total. The second kappa shape index (κ2) is 5.73. The van der Waals surface area contributed by atoms with Gasteiger partial charge >= 0.3 is 0 Å². The molecule has 0 bridgehead atoms. The van der Waals surface area contributed by atoms with E-state index in [1.807, 2.05) is 0 Å². The van der Waals surface area contributed by atoms with Crippen LogP contribution in [0.3, 0.4) is 0 Å². The Morgan fingerprint density at radius 3 is 2.41 bits per heavy atom. The van der Waals surface area contributed by atoms with Crippen LogP contribution in [0.25, 0.3) is 0 Å². The van der Waals surface area contributed by atoms with Crippen molar-refractivity contribution < 1.29 is 5.11 Å². The Labute approximate surface area is 107 Å². The van der Waals surface area contributed by atoms with Gasteiger partial charge in [-0.1, -0.05) is 52.4 Å². The molecule has 2 saturated carbocycles. The molecule has 2 aliphatic rings. The molecule has 0 aromatic heterocycles. The number of hydrogen-bond acceptors (Lipinski definition) is 1. The van der Waals surface area contributed by atoms with Crippen LogP contribution in [0.4, 0.5) is 0 Å². The van der Waals surface area contributed by atoms with Gasteiger partial charge in [0.05, 0.1) is 5.60 Å². The van der Waals surface area contributed by atoms with Gasteiger partial charge in [0.25, 0.3) is 0 Å². The highest BCUT2D eigenvalue weighted by Gasteiger charge is 2.42. The quantitative estimate of drug-likeness (QED) is 0.765. The first-order chi connectivity index (χ1) is 8.18. The summed E-state index contributed by atoms with van der Waals surface area (Å²) in [5.41, 5.74) is -0.299. The molecule has 0 saturated heterocycles. The lowest BCUT2D eigenvalue weighted by Crippen LogP contribution is -2.44. The third-order valence-corrected chi connectivity index (χ3v) is 5.56. The highest BCUT2D eigenvalue weighted by atomic mass is 16.3. The summed E-state index contributed by atoms with van der Waals surface area (Å²) in [5.74, 6) is 2.28. The fraction of sp³-hybridized carbons (Fsp3) is 1.00. The highest BCUT2D eigenvalue weighted by Crippen LogP contribution is 2.45. The van der Waals surface area contributed by atoms with Crippen LogP contribution in [0.2, 0.25) is 0 Å². The van der Waals surface area contributed by atoms with Gasteiger partial charge in [0, 0.05) is 0 Å². The Kier molecular flexibility index (Phi) is 4.52. The van der Waals surface area contributed by atoms with E-state index in [-0.39, 0.29) is 5.60 Å². The van der Waals surface area contributed by atoms with Crippen molar-refractivity contribution in [3.63, 3.8) is 0 Å². The predicted octanol–water partition coefficient (Wildman–Crippen LogP) is 4.53. The summed E-state index contributed by atoms with van der Waals surface area (Å²) >= 11 is 0. The Morgan fingerprint density at radius 1 is 1.00 bits per heavy atom. The normalized spacial score (nSPS) is 43.6. The van der Waals surface area contributed by atoms with Crippen LogP contribution < -0.4 is 0 Å². The molecule has 0 aromatic rings. The maximum Gasteiger partial charge on any atom is 0.0678 e. The maximum absolute atomic E-state index is 11.0. The van der Waals surface area contributed by atoms with Crippen molar-refractivity contribution in [1.29, 1.82) is 0 Å². The smallest absolute Gasteiger partial charge is 0.0678 e. The molecule has 1 nitrogen and oxygen atoms in total. The first kappa shape index (κ1) is 13.4. The minimum absolute atomic E-state index is 0.299. The fourth-order valence-corrected chi connectivity index (χ4v) is 4.27. The third kappa shape index (κ3) is 3.05. The minimum Gasteiger partial charge on any atom is -0.390 e. The van der Waals surface area contributed by atoms with Crippen LogP contribution in [-0.2, 0) is 0 Å². The monoisotopic (exact) mass is 238 g/mol. The van der Waals surface area contributed by atoms with E-state index in [0.717, 1.165) is 24.7 Å². The lowest BCUT2D eigenvalue weighted by Gasteiger charge is -2.45. The molecule has 0 amide bonds. The summed E-state index contributed by atoms with van der Waals surface area (Å²) in [6.07, 6.45) is 12.7. The molecule has 1 heteroatoms. The van der Waals surface area contributed by atoms with E-state index < -0.39 is 0 Å². The largest absolute Gasteiger partial charge is 0.390 e. The van der Waals surface area contributed by atoms with Gasteiger partial charge in [-0.3, -0.25) is 0 Å². The van der Waals surface area contributed by atoms with Gasteiger partial charge in [-0.25, -0.2) is 0 Å². The molecular weight excluding hydrogens is 208 g/mol. The summed E-state index contributed by atoms with van der Waals surface area (Å²) < 4.78 is 0. The summed E-state index contributed by atoms with van der Waals surface area (Å²) in [6.45, 7) is 4.60. The zero-order valence-corrected chi connectivity index (χ0v) is 11.8. The summed E-state index contributed by atoms with van der Waals surface area (Å²) in [5, 5.41) is 11.0. The Morgan fingerprint density at radius 2 is 1.71 bits per heavy atom. The number of rotatable bonds is 3. The van der Waals surface area contributed by atoms with E-state index in [0.29, 0.717) is 5.92 Å². The first-order valence-electron chi connectivity index (χ1n) is 7.90. The van der Waals surface area contributed by atoms with Crippen LogP contribution in [0.5, 0.6) is 0 Å². The SMILES string of the molecule is CCC1CCCC(C2(O)CCCC(CC)C2)C1. The standard InChI is InChI=1S/C16H30O/c1-3-13-7-5-9-15(11-13)16(17)10-6-8-14(4-2)12-16/h13-15,17H,3-12H2,1-2H3. The van der Waals surface area contributed by atoms with Crippen LogP contribution in [0, 0.1) is 17.8 Å². The third-order valence-electron chi connectivity index (χ3n) is 5.56. The fourth-order valence-electron chi connectivity index (χ4n) is 4.27. The van der Waals surface area contributed by atoms with E-state index in [9.17, 15) is 5.11 Å². The minimum atomic E-state index is -0.299. The van der Waals surface area contributed by atoms with E-state index in [2.05, 4.69) is 13.8 Å². The van der Waals surface area contributed by atoms with Crippen LogP contribution in [0.15, 0.2) is 0 Å². The van der Waals surface area contributed by atoms with Crippen LogP contribution >= 0.6 is 0 Å². The molecule has 0 heterocycles. The predicted molar refractivity (Wildman–Crippen MR) is 72.9 cm³/mol. The molecule has 4 unspecified atom stereocenters. The maximum atomic E-state index is 11.0. The van der Waals surface area contributed by atoms with Gasteiger partial charge in [-0.05, 0) is 43.4 Å². The van der Waals surface area contributed by atoms with Gasteiger partial charge < -0.3 is 5.11 Å².